The predicted molar refractivity (Wildman–Crippen MR) is 152 cm³/mol. The molecule has 3 heterocycles. The summed E-state index contributed by atoms with van der Waals surface area (Å²) in [6.45, 7) is 8.08. The van der Waals surface area contributed by atoms with Gasteiger partial charge in [0.1, 0.15) is 5.82 Å². The van der Waals surface area contributed by atoms with Crippen molar-refractivity contribution >= 4 is 40.0 Å². The van der Waals surface area contributed by atoms with Crippen LogP contribution in [0.2, 0.25) is 0 Å². The molecule has 1 fully saturated rings. The highest BCUT2D eigenvalue weighted by Crippen LogP contribution is 2.31. The van der Waals surface area contributed by atoms with Gasteiger partial charge in [-0.3, -0.25) is 9.69 Å². The number of fused-ring (bicyclic) bond motifs is 1. The maximum absolute atomic E-state index is 15.2. The minimum Gasteiger partial charge on any atom is -0.392 e. The van der Waals surface area contributed by atoms with E-state index >= 15 is 8.78 Å². The second-order valence-electron chi connectivity index (χ2n) is 9.56. The molecule has 4 aromatic rings. The molecule has 1 atom stereocenters. The molecule has 3 N–H and O–H groups in total. The number of benzene rings is 2. The number of hydrogen-bond acceptors (Lipinski definition) is 8. The highest BCUT2D eigenvalue weighted by Gasteiger charge is 2.23. The van der Waals surface area contributed by atoms with Gasteiger partial charge in [0.05, 0.1) is 28.7 Å². The van der Waals surface area contributed by atoms with Crippen molar-refractivity contribution in [3.05, 3.63) is 79.0 Å². The van der Waals surface area contributed by atoms with Crippen molar-refractivity contribution in [2.45, 2.75) is 13.0 Å². The highest BCUT2D eigenvalue weighted by atomic mass is 19.2. The number of piperazine rings is 1. The van der Waals surface area contributed by atoms with Gasteiger partial charge in [0.15, 0.2) is 11.6 Å². The second-order valence-corrected chi connectivity index (χ2v) is 9.56. The van der Waals surface area contributed by atoms with Gasteiger partial charge >= 0.3 is 0 Å². The molecule has 1 unspecified atom stereocenters. The van der Waals surface area contributed by atoms with Gasteiger partial charge in [-0.2, -0.15) is 0 Å². The van der Waals surface area contributed by atoms with Crippen LogP contribution in [0, 0.1) is 11.6 Å². The molecule has 40 heavy (non-hydrogen) atoms. The van der Waals surface area contributed by atoms with Gasteiger partial charge < -0.3 is 20.6 Å². The van der Waals surface area contributed by atoms with E-state index in [2.05, 4.69) is 37.1 Å². The number of hydrogen-bond donors (Lipinski definition) is 3. The number of carbonyl (C=O) groups excluding carboxylic acids is 1. The van der Waals surface area contributed by atoms with Crippen LogP contribution in [-0.2, 0) is 4.79 Å². The van der Waals surface area contributed by atoms with Crippen LogP contribution in [0.4, 0.5) is 31.9 Å². The third-order valence-corrected chi connectivity index (χ3v) is 6.62. The summed E-state index contributed by atoms with van der Waals surface area (Å²) in [5, 5.41) is 15.8. The first-order valence-electron chi connectivity index (χ1n) is 12.9. The number of β-amino-alcohol motifs (C(OH)–C–C–N with tert-alkyl or cyclic N) is 1. The minimum absolute atomic E-state index is 0.0851. The van der Waals surface area contributed by atoms with E-state index in [1.165, 1.54) is 6.07 Å². The van der Waals surface area contributed by atoms with Crippen molar-refractivity contribution in [1.82, 2.24) is 19.9 Å². The minimum atomic E-state index is -1.02. The summed E-state index contributed by atoms with van der Waals surface area (Å²) < 4.78 is 30.3. The van der Waals surface area contributed by atoms with Gasteiger partial charge in [-0.15, -0.1) is 0 Å². The van der Waals surface area contributed by atoms with Crippen molar-refractivity contribution in [3.8, 4) is 11.3 Å². The number of nitrogens with one attached hydrogen (secondary N) is 2. The fraction of sp³-hybridized carbons (Fsp3) is 0.241. The average molecular weight is 546 g/mol. The Kier molecular flexibility index (Phi) is 7.94. The Morgan fingerprint density at radius 3 is 2.60 bits per heavy atom. The van der Waals surface area contributed by atoms with Gasteiger partial charge in [0.25, 0.3) is 0 Å². The quantitative estimate of drug-likeness (QED) is 0.281. The summed E-state index contributed by atoms with van der Waals surface area (Å²) in [6.07, 6.45) is 2.31. The molecule has 1 saturated heterocycles. The van der Waals surface area contributed by atoms with Crippen LogP contribution in [0.1, 0.15) is 6.92 Å². The Hall–Kier alpha value is -4.48. The van der Waals surface area contributed by atoms with E-state index in [9.17, 15) is 9.90 Å². The standard InChI is InChI=1S/C29H29F2N7O2/c1-3-25(40)35-24-9-5-8-21(33-24)20-7-4-6-19-16-32-29(36-28(19)20)34-22-10-11-23(27(31)26(22)30)38-14-12-37(13-15-38)17-18(2)39/h3-11,16,18,39H,1,12-15,17H2,2H3,(H,32,34,36)(H,33,35,40). The molecule has 11 heteroatoms. The monoisotopic (exact) mass is 545 g/mol. The Balaban J connectivity index is 1.39. The molecule has 0 bridgehead atoms. The lowest BCUT2D eigenvalue weighted by Gasteiger charge is -2.36. The molecule has 0 spiro atoms. The Morgan fingerprint density at radius 2 is 1.85 bits per heavy atom. The third-order valence-electron chi connectivity index (χ3n) is 6.62. The van der Waals surface area contributed by atoms with Crippen LogP contribution in [0.5, 0.6) is 0 Å². The lowest BCUT2D eigenvalue weighted by Crippen LogP contribution is -2.48. The van der Waals surface area contributed by atoms with E-state index in [1.807, 2.05) is 18.2 Å². The van der Waals surface area contributed by atoms with Gasteiger partial charge in [-0.05, 0) is 37.3 Å². The van der Waals surface area contributed by atoms with E-state index in [0.717, 1.165) is 11.5 Å². The molecule has 5 rings (SSSR count). The molecular formula is C29H29F2N7O2. The van der Waals surface area contributed by atoms with Crippen molar-refractivity contribution in [1.29, 1.82) is 0 Å². The number of carbonyl (C=O) groups is 1. The third kappa shape index (κ3) is 5.90. The number of anilines is 4. The zero-order chi connectivity index (χ0) is 28.2. The Bertz CT molecular complexity index is 1560. The number of aliphatic hydroxyl groups is 1. The molecular weight excluding hydrogens is 516 g/mol. The Morgan fingerprint density at radius 1 is 1.07 bits per heavy atom. The highest BCUT2D eigenvalue weighted by molar-refractivity contribution is 5.98. The van der Waals surface area contributed by atoms with Crippen LogP contribution >= 0.6 is 0 Å². The molecule has 2 aromatic carbocycles. The number of pyridine rings is 1. The Labute approximate surface area is 230 Å². The largest absolute Gasteiger partial charge is 0.392 e. The number of halogens is 2. The SMILES string of the molecule is C=CC(=O)Nc1cccc(-c2cccc3cnc(Nc4ccc(N5CCN(CC(C)O)CC5)c(F)c4F)nc23)n1. The lowest BCUT2D eigenvalue weighted by atomic mass is 10.1. The van der Waals surface area contributed by atoms with Crippen LogP contribution in [0.3, 0.4) is 0 Å². The van der Waals surface area contributed by atoms with Gasteiger partial charge in [-0.25, -0.2) is 23.7 Å². The van der Waals surface area contributed by atoms with Crippen molar-refractivity contribution in [2.75, 3.05) is 48.3 Å². The fourth-order valence-corrected chi connectivity index (χ4v) is 4.70. The lowest BCUT2D eigenvalue weighted by molar-refractivity contribution is -0.111. The molecule has 206 valence electrons. The van der Waals surface area contributed by atoms with Gasteiger partial charge in [0, 0.05) is 49.9 Å². The molecule has 1 amide bonds. The summed E-state index contributed by atoms with van der Waals surface area (Å²) in [5.41, 5.74) is 1.89. The molecule has 0 aliphatic carbocycles. The van der Waals surface area contributed by atoms with Gasteiger partial charge in [-0.1, -0.05) is 30.8 Å². The van der Waals surface area contributed by atoms with E-state index in [-0.39, 0.29) is 23.2 Å². The van der Waals surface area contributed by atoms with Crippen molar-refractivity contribution in [2.24, 2.45) is 0 Å². The first-order chi connectivity index (χ1) is 19.3. The van der Waals surface area contributed by atoms with Gasteiger partial charge in [0.2, 0.25) is 11.9 Å². The first kappa shape index (κ1) is 27.1. The smallest absolute Gasteiger partial charge is 0.248 e. The summed E-state index contributed by atoms with van der Waals surface area (Å²) in [6, 6.07) is 13.7. The maximum Gasteiger partial charge on any atom is 0.248 e. The number of amides is 1. The van der Waals surface area contributed by atoms with E-state index in [1.54, 1.807) is 42.3 Å². The number of nitrogens with zero attached hydrogens (tertiary/aromatic N) is 5. The normalized spacial score (nSPS) is 14.7. The first-order valence-corrected chi connectivity index (χ1v) is 12.9. The number of rotatable bonds is 8. The van der Waals surface area contributed by atoms with Crippen LogP contribution in [-0.4, -0.2) is 69.7 Å². The zero-order valence-corrected chi connectivity index (χ0v) is 21.9. The van der Waals surface area contributed by atoms with Crippen LogP contribution in [0.25, 0.3) is 22.2 Å². The number of aliphatic hydroxyl groups excluding tert-OH is 1. The summed E-state index contributed by atoms with van der Waals surface area (Å²) in [7, 11) is 0. The summed E-state index contributed by atoms with van der Waals surface area (Å²) in [4.78, 5) is 29.0. The summed E-state index contributed by atoms with van der Waals surface area (Å²) >= 11 is 0. The van der Waals surface area contributed by atoms with Crippen LogP contribution in [0.15, 0.2) is 67.4 Å². The maximum atomic E-state index is 15.2. The molecule has 1 aliphatic rings. The fourth-order valence-electron chi connectivity index (χ4n) is 4.70. The average Bonchev–Trinajstić information content (AvgIpc) is 2.95. The van der Waals surface area contributed by atoms with Crippen LogP contribution < -0.4 is 15.5 Å². The predicted octanol–water partition coefficient (Wildman–Crippen LogP) is 4.34. The topological polar surface area (TPSA) is 107 Å². The second kappa shape index (κ2) is 11.7. The zero-order valence-electron chi connectivity index (χ0n) is 21.9. The number of aromatic nitrogens is 3. The van der Waals surface area contributed by atoms with E-state index in [4.69, 9.17) is 0 Å². The van der Waals surface area contributed by atoms with Crippen molar-refractivity contribution in [3.63, 3.8) is 0 Å². The molecule has 0 radical (unpaired) electrons. The van der Waals surface area contributed by atoms with E-state index in [0.29, 0.717) is 55.3 Å². The van der Waals surface area contributed by atoms with Crippen molar-refractivity contribution < 1.29 is 18.7 Å². The molecule has 0 saturated carbocycles. The number of para-hydroxylation sites is 1. The summed E-state index contributed by atoms with van der Waals surface area (Å²) in [5.74, 6) is -1.90. The molecule has 1 aliphatic heterocycles. The van der Waals surface area contributed by atoms with E-state index < -0.39 is 17.7 Å². The molecule has 9 nitrogen and oxygen atoms in total. The molecule has 2 aromatic heterocycles.